The van der Waals surface area contributed by atoms with Crippen molar-refractivity contribution < 1.29 is 14.3 Å². The average Bonchev–Trinajstić information content (AvgIpc) is 2.54. The molecule has 2 unspecified atom stereocenters. The molecule has 2 rings (SSSR count). The van der Waals surface area contributed by atoms with Gasteiger partial charge in [0.2, 0.25) is 0 Å². The molecule has 4 nitrogen and oxygen atoms in total. The minimum Gasteiger partial charge on any atom is -0.497 e. The quantitative estimate of drug-likeness (QED) is 0.849. The molecule has 0 aromatic heterocycles. The van der Waals surface area contributed by atoms with Gasteiger partial charge in [0, 0.05) is 11.9 Å². The van der Waals surface area contributed by atoms with Crippen molar-refractivity contribution in [1.82, 2.24) is 5.32 Å². The Hall–Kier alpha value is -1.42. The minimum absolute atomic E-state index is 0.132. The maximum atomic E-state index is 12.5. The molecule has 1 fully saturated rings. The van der Waals surface area contributed by atoms with E-state index >= 15 is 0 Å². The van der Waals surface area contributed by atoms with E-state index in [9.17, 15) is 4.79 Å². The molecule has 1 aliphatic carbocycles. The molecule has 0 bridgehead atoms. The Labute approximate surface area is 130 Å². The van der Waals surface area contributed by atoms with E-state index in [-0.39, 0.29) is 11.9 Å². The van der Waals surface area contributed by atoms with Gasteiger partial charge in [0.15, 0.2) is 0 Å². The van der Waals surface area contributed by atoms with E-state index in [0.29, 0.717) is 28.9 Å². The lowest BCUT2D eigenvalue weighted by Crippen LogP contribution is -2.42. The van der Waals surface area contributed by atoms with Crippen molar-refractivity contribution in [3.05, 3.63) is 23.8 Å². The van der Waals surface area contributed by atoms with Crippen molar-refractivity contribution in [2.45, 2.75) is 31.7 Å². The lowest BCUT2D eigenvalue weighted by Gasteiger charge is -2.31. The van der Waals surface area contributed by atoms with Crippen molar-refractivity contribution in [2.24, 2.45) is 5.92 Å². The zero-order valence-electron chi connectivity index (χ0n) is 12.5. The van der Waals surface area contributed by atoms with Gasteiger partial charge in [-0.25, -0.2) is 0 Å². The van der Waals surface area contributed by atoms with Crippen LogP contribution in [0.25, 0.3) is 0 Å². The number of hydrogen-bond donors (Lipinski definition) is 1. The standard InChI is InChI=1S/C16H22ClNO3/c1-20-12-7-8-15(21-2)13(9-12)16(19)18-14-6-4-3-5-11(14)10-17/h7-9,11,14H,3-6,10H2,1-2H3,(H,18,19). The average molecular weight is 312 g/mol. The molecule has 0 spiro atoms. The lowest BCUT2D eigenvalue weighted by molar-refractivity contribution is 0.0907. The largest absolute Gasteiger partial charge is 0.497 e. The van der Waals surface area contributed by atoms with E-state index in [1.54, 1.807) is 32.4 Å². The summed E-state index contributed by atoms with van der Waals surface area (Å²) < 4.78 is 10.4. The van der Waals surface area contributed by atoms with Gasteiger partial charge in [-0.3, -0.25) is 4.79 Å². The molecule has 2 atom stereocenters. The Balaban J connectivity index is 2.15. The van der Waals surface area contributed by atoms with Crippen LogP contribution in [0.4, 0.5) is 0 Å². The Bertz CT molecular complexity index is 492. The van der Waals surface area contributed by atoms with E-state index in [1.165, 1.54) is 6.42 Å². The SMILES string of the molecule is COc1ccc(OC)c(C(=O)NC2CCCCC2CCl)c1. The van der Waals surface area contributed by atoms with Crippen molar-refractivity contribution in [3.63, 3.8) is 0 Å². The molecule has 1 N–H and O–H groups in total. The van der Waals surface area contributed by atoms with Gasteiger partial charge in [-0.05, 0) is 37.0 Å². The Morgan fingerprint density at radius 3 is 2.71 bits per heavy atom. The number of halogens is 1. The molecular weight excluding hydrogens is 290 g/mol. The van der Waals surface area contributed by atoms with Crippen LogP contribution in [0.5, 0.6) is 11.5 Å². The summed E-state index contributed by atoms with van der Waals surface area (Å²) in [6.45, 7) is 0. The Morgan fingerprint density at radius 2 is 2.05 bits per heavy atom. The number of nitrogens with one attached hydrogen (secondary N) is 1. The molecule has 5 heteroatoms. The first-order valence-corrected chi connectivity index (χ1v) is 7.82. The molecule has 0 aliphatic heterocycles. The van der Waals surface area contributed by atoms with Crippen molar-refractivity contribution >= 4 is 17.5 Å². The highest BCUT2D eigenvalue weighted by molar-refractivity contribution is 6.18. The second-order valence-electron chi connectivity index (χ2n) is 5.35. The number of alkyl halides is 1. The molecule has 0 heterocycles. The van der Waals surface area contributed by atoms with Gasteiger partial charge in [-0.2, -0.15) is 0 Å². The van der Waals surface area contributed by atoms with E-state index < -0.39 is 0 Å². The van der Waals surface area contributed by atoms with Crippen LogP contribution in [0.15, 0.2) is 18.2 Å². The van der Waals surface area contributed by atoms with Crippen LogP contribution in [0, 0.1) is 5.92 Å². The Morgan fingerprint density at radius 1 is 1.29 bits per heavy atom. The van der Waals surface area contributed by atoms with Gasteiger partial charge in [0.05, 0.1) is 19.8 Å². The maximum absolute atomic E-state index is 12.5. The van der Waals surface area contributed by atoms with E-state index in [2.05, 4.69) is 5.32 Å². The van der Waals surface area contributed by atoms with Gasteiger partial charge in [-0.15, -0.1) is 11.6 Å². The number of methoxy groups -OCH3 is 2. The van der Waals surface area contributed by atoms with Crippen molar-refractivity contribution in [2.75, 3.05) is 20.1 Å². The number of benzene rings is 1. The van der Waals surface area contributed by atoms with Crippen LogP contribution in [-0.2, 0) is 0 Å². The molecule has 1 aliphatic rings. The minimum atomic E-state index is -0.132. The first kappa shape index (κ1) is 16.0. The second kappa shape index (κ2) is 7.55. The number of rotatable bonds is 5. The van der Waals surface area contributed by atoms with Gasteiger partial charge in [0.1, 0.15) is 11.5 Å². The van der Waals surface area contributed by atoms with Crippen LogP contribution in [-0.4, -0.2) is 32.0 Å². The monoisotopic (exact) mass is 311 g/mol. The fourth-order valence-electron chi connectivity index (χ4n) is 2.82. The smallest absolute Gasteiger partial charge is 0.255 e. The molecule has 1 amide bonds. The summed E-state index contributed by atoms with van der Waals surface area (Å²) in [6.07, 6.45) is 4.37. The van der Waals surface area contributed by atoms with E-state index in [0.717, 1.165) is 19.3 Å². The van der Waals surface area contributed by atoms with Crippen LogP contribution in [0.3, 0.4) is 0 Å². The number of carbonyl (C=O) groups is 1. The first-order valence-electron chi connectivity index (χ1n) is 7.28. The highest BCUT2D eigenvalue weighted by Crippen LogP contribution is 2.28. The molecule has 21 heavy (non-hydrogen) atoms. The highest BCUT2D eigenvalue weighted by atomic mass is 35.5. The molecule has 1 aromatic carbocycles. The van der Waals surface area contributed by atoms with Crippen LogP contribution in [0.2, 0.25) is 0 Å². The number of carbonyl (C=O) groups excluding carboxylic acids is 1. The van der Waals surface area contributed by atoms with Crippen LogP contribution < -0.4 is 14.8 Å². The lowest BCUT2D eigenvalue weighted by atomic mass is 9.85. The predicted octanol–water partition coefficient (Wildman–Crippen LogP) is 3.23. The van der Waals surface area contributed by atoms with Crippen molar-refractivity contribution in [1.29, 1.82) is 0 Å². The van der Waals surface area contributed by atoms with Gasteiger partial charge in [0.25, 0.3) is 5.91 Å². The molecule has 1 saturated carbocycles. The third-order valence-corrected chi connectivity index (χ3v) is 4.47. The summed E-state index contributed by atoms with van der Waals surface area (Å²) >= 11 is 6.01. The van der Waals surface area contributed by atoms with Gasteiger partial charge in [-0.1, -0.05) is 12.8 Å². The topological polar surface area (TPSA) is 47.6 Å². The summed E-state index contributed by atoms with van der Waals surface area (Å²) in [4.78, 5) is 12.5. The van der Waals surface area contributed by atoms with E-state index in [4.69, 9.17) is 21.1 Å². The van der Waals surface area contributed by atoms with E-state index in [1.807, 2.05) is 0 Å². The summed E-state index contributed by atoms with van der Waals surface area (Å²) in [5.74, 6) is 1.99. The van der Waals surface area contributed by atoms with Gasteiger partial charge >= 0.3 is 0 Å². The molecule has 0 saturated heterocycles. The maximum Gasteiger partial charge on any atom is 0.255 e. The number of ether oxygens (including phenoxy) is 2. The molecule has 1 aromatic rings. The zero-order valence-corrected chi connectivity index (χ0v) is 13.3. The fraction of sp³-hybridized carbons (Fsp3) is 0.562. The zero-order chi connectivity index (χ0) is 15.2. The predicted molar refractivity (Wildman–Crippen MR) is 83.5 cm³/mol. The summed E-state index contributed by atoms with van der Waals surface area (Å²) in [7, 11) is 3.13. The second-order valence-corrected chi connectivity index (χ2v) is 5.65. The fourth-order valence-corrected chi connectivity index (χ4v) is 3.19. The number of amides is 1. The molecule has 116 valence electrons. The Kier molecular flexibility index (Phi) is 5.74. The molecule has 0 radical (unpaired) electrons. The van der Waals surface area contributed by atoms with Crippen LogP contribution >= 0.6 is 11.6 Å². The summed E-state index contributed by atoms with van der Waals surface area (Å²) in [6, 6.07) is 5.36. The van der Waals surface area contributed by atoms with Gasteiger partial charge < -0.3 is 14.8 Å². The number of hydrogen-bond acceptors (Lipinski definition) is 3. The normalized spacial score (nSPS) is 21.7. The van der Waals surface area contributed by atoms with Crippen molar-refractivity contribution in [3.8, 4) is 11.5 Å². The third kappa shape index (κ3) is 3.82. The first-order chi connectivity index (χ1) is 10.2. The third-order valence-electron chi connectivity index (χ3n) is 4.08. The van der Waals surface area contributed by atoms with Crippen LogP contribution in [0.1, 0.15) is 36.0 Å². The molecular formula is C16H22ClNO3. The highest BCUT2D eigenvalue weighted by Gasteiger charge is 2.27. The summed E-state index contributed by atoms with van der Waals surface area (Å²) in [5.41, 5.74) is 0.496. The summed E-state index contributed by atoms with van der Waals surface area (Å²) in [5, 5.41) is 3.10.